The van der Waals surface area contributed by atoms with Crippen LogP contribution in [0.15, 0.2) is 243 Å². The highest BCUT2D eigenvalue weighted by Gasteiger charge is 2.45. The molecule has 0 bridgehead atoms. The predicted molar refractivity (Wildman–Crippen MR) is 398 cm³/mol. The van der Waals surface area contributed by atoms with E-state index in [0.29, 0.717) is 0 Å². The molecule has 2 aliphatic rings. The summed E-state index contributed by atoms with van der Waals surface area (Å²) >= 11 is 0. The third-order valence-electron chi connectivity index (χ3n) is 20.5. The molecule has 1 aromatic heterocycles. The lowest BCUT2D eigenvalue weighted by Gasteiger charge is -2.45. The Kier molecular flexibility index (Phi) is 14.3. The number of nitrogens with zero attached hydrogens (tertiary/aromatic N) is 3. The molecule has 0 saturated heterocycles. The monoisotopic (exact) mass is 1200 g/mol. The maximum Gasteiger partial charge on any atom is 0.252 e. The van der Waals surface area contributed by atoms with Crippen LogP contribution in [-0.4, -0.2) is 11.3 Å². The van der Waals surface area contributed by atoms with E-state index in [1.807, 2.05) is 0 Å². The van der Waals surface area contributed by atoms with E-state index < -0.39 is 0 Å². The van der Waals surface area contributed by atoms with Crippen LogP contribution < -0.4 is 26.2 Å². The van der Waals surface area contributed by atoms with Crippen LogP contribution in [0.25, 0.3) is 49.7 Å². The van der Waals surface area contributed by atoms with Crippen LogP contribution in [0.4, 0.5) is 34.1 Å². The molecule has 2 aliphatic heterocycles. The van der Waals surface area contributed by atoms with Gasteiger partial charge in [-0.05, 0) is 165 Å². The van der Waals surface area contributed by atoms with E-state index in [-0.39, 0.29) is 39.2 Å². The summed E-state index contributed by atoms with van der Waals surface area (Å²) in [5.41, 5.74) is 28.4. The van der Waals surface area contributed by atoms with Gasteiger partial charge in [-0.1, -0.05) is 293 Å². The molecular weight excluding hydrogens is 1110 g/mol. The van der Waals surface area contributed by atoms with Gasteiger partial charge in [0.2, 0.25) is 0 Å². The third kappa shape index (κ3) is 10.2. The number of rotatable bonds is 9. The van der Waals surface area contributed by atoms with E-state index in [0.717, 1.165) is 17.1 Å². The van der Waals surface area contributed by atoms with Crippen LogP contribution in [0.3, 0.4) is 0 Å². The molecule has 0 spiro atoms. The lowest BCUT2D eigenvalue weighted by molar-refractivity contribution is 0.570. The fourth-order valence-electron chi connectivity index (χ4n) is 15.0. The van der Waals surface area contributed by atoms with Gasteiger partial charge in [0.25, 0.3) is 6.71 Å². The Labute approximate surface area is 548 Å². The standard InChI is InChI=1S/C88H88BN3/c1-83(2,3)65-50-70(85(7,8)9)80-76(53-65)92(77-54-66(84(4,5)6)51-71(81(77)80)86(10,11)12)69-55-78-82-79(56-69)91(68-39-29-38-63(49-68)87(13,14)61-34-25-19-26-35-61)75-52-64(88(15,16)62-36-27-20-28-37-62)43-46-72(75)89(82)73-48-60(58-32-23-18-24-33-58)42-47-74(73)90(78)67-44-40-59(41-45-67)57-30-21-17-22-31-57/h17-56H,1-16H3. The lowest BCUT2D eigenvalue weighted by Crippen LogP contribution is -2.61. The topological polar surface area (TPSA) is 11.4 Å². The predicted octanol–water partition coefficient (Wildman–Crippen LogP) is 22.0. The summed E-state index contributed by atoms with van der Waals surface area (Å²) in [6.07, 6.45) is 0. The van der Waals surface area contributed by atoms with Crippen molar-refractivity contribution in [3.63, 3.8) is 0 Å². The molecular formula is C88H88BN3. The van der Waals surface area contributed by atoms with Crippen molar-refractivity contribution < 1.29 is 0 Å². The molecule has 0 radical (unpaired) electrons. The van der Waals surface area contributed by atoms with Crippen LogP contribution in [0.1, 0.15) is 155 Å². The fourth-order valence-corrected chi connectivity index (χ4v) is 15.0. The van der Waals surface area contributed by atoms with E-state index in [4.69, 9.17) is 0 Å². The zero-order chi connectivity index (χ0) is 64.6. The molecule has 3 heterocycles. The molecule has 0 amide bonds. The van der Waals surface area contributed by atoms with Gasteiger partial charge in [-0.25, -0.2) is 0 Å². The Morgan fingerprint density at radius 1 is 0.261 bits per heavy atom. The molecule has 11 aromatic carbocycles. The van der Waals surface area contributed by atoms with Gasteiger partial charge in [-0.15, -0.1) is 0 Å². The van der Waals surface area contributed by atoms with Gasteiger partial charge in [-0.3, -0.25) is 0 Å². The maximum atomic E-state index is 2.70. The fraction of sp³-hybridized carbons (Fsp3) is 0.250. The highest BCUT2D eigenvalue weighted by Crippen LogP contribution is 2.52. The maximum absolute atomic E-state index is 2.70. The summed E-state index contributed by atoms with van der Waals surface area (Å²) in [5, 5.41) is 2.68. The van der Waals surface area contributed by atoms with Crippen LogP contribution in [-0.2, 0) is 32.5 Å². The summed E-state index contributed by atoms with van der Waals surface area (Å²) in [4.78, 5) is 5.28. The van der Waals surface area contributed by atoms with E-state index in [1.165, 1.54) is 128 Å². The highest BCUT2D eigenvalue weighted by molar-refractivity contribution is 7.00. The van der Waals surface area contributed by atoms with Crippen molar-refractivity contribution in [1.82, 2.24) is 4.57 Å². The largest absolute Gasteiger partial charge is 0.311 e. The zero-order valence-corrected chi connectivity index (χ0v) is 57.0. The summed E-state index contributed by atoms with van der Waals surface area (Å²) < 4.78 is 2.70. The van der Waals surface area contributed by atoms with Crippen molar-refractivity contribution in [1.29, 1.82) is 0 Å². The second kappa shape index (κ2) is 21.8. The molecule has 0 fully saturated rings. The molecule has 4 heteroatoms. The zero-order valence-electron chi connectivity index (χ0n) is 57.0. The van der Waals surface area contributed by atoms with Crippen molar-refractivity contribution in [2.45, 2.75) is 143 Å². The molecule has 0 unspecified atom stereocenters. The molecule has 3 nitrogen and oxygen atoms in total. The van der Waals surface area contributed by atoms with Crippen molar-refractivity contribution in [3.05, 3.63) is 287 Å². The first kappa shape index (κ1) is 60.4. The first-order chi connectivity index (χ1) is 43.7. The summed E-state index contributed by atoms with van der Waals surface area (Å²) in [5.74, 6) is 0. The third-order valence-corrected chi connectivity index (χ3v) is 20.5. The summed E-state index contributed by atoms with van der Waals surface area (Å²) in [6, 6.07) is 92.9. The minimum Gasteiger partial charge on any atom is -0.311 e. The summed E-state index contributed by atoms with van der Waals surface area (Å²) in [7, 11) is 0. The van der Waals surface area contributed by atoms with Crippen molar-refractivity contribution >= 4 is 79.0 Å². The number of anilines is 6. The number of benzene rings is 11. The van der Waals surface area contributed by atoms with Crippen molar-refractivity contribution in [2.75, 3.05) is 9.80 Å². The Hall–Kier alpha value is -9.12. The van der Waals surface area contributed by atoms with Gasteiger partial charge in [0.15, 0.2) is 0 Å². The van der Waals surface area contributed by atoms with Crippen LogP contribution in [0.5, 0.6) is 0 Å². The van der Waals surface area contributed by atoms with Gasteiger partial charge in [-0.2, -0.15) is 0 Å². The Balaban J connectivity index is 1.17. The molecule has 14 rings (SSSR count). The van der Waals surface area contributed by atoms with Crippen molar-refractivity contribution in [3.8, 4) is 27.9 Å². The second-order valence-corrected chi connectivity index (χ2v) is 31.5. The number of hydrogen-bond acceptors (Lipinski definition) is 2. The molecule has 12 aromatic rings. The Morgan fingerprint density at radius 3 is 1.18 bits per heavy atom. The van der Waals surface area contributed by atoms with Crippen LogP contribution in [0, 0.1) is 0 Å². The average Bonchev–Trinajstić information content (AvgIpc) is 1.14. The van der Waals surface area contributed by atoms with E-state index >= 15 is 0 Å². The first-order valence-corrected chi connectivity index (χ1v) is 33.4. The van der Waals surface area contributed by atoms with E-state index in [2.05, 4.69) is 368 Å². The van der Waals surface area contributed by atoms with Crippen LogP contribution in [0.2, 0.25) is 0 Å². The summed E-state index contributed by atoms with van der Waals surface area (Å²) in [6.45, 7) is 38.2. The average molecular weight is 1200 g/mol. The second-order valence-electron chi connectivity index (χ2n) is 31.5. The minimum atomic E-state index is -0.325. The van der Waals surface area contributed by atoms with E-state index in [1.54, 1.807) is 0 Å². The number of fused-ring (bicyclic) bond motifs is 7. The number of hydrogen-bond donors (Lipinski definition) is 0. The van der Waals surface area contributed by atoms with Crippen LogP contribution >= 0.6 is 0 Å². The lowest BCUT2D eigenvalue weighted by atomic mass is 9.33. The molecule has 92 heavy (non-hydrogen) atoms. The molecule has 0 N–H and O–H groups in total. The number of aromatic nitrogens is 1. The SMILES string of the molecule is CC(C)(C)c1cc(C(C)(C)C)c2c3c(C(C)(C)C)cc(C(C)(C)C)cc3n(-c3cc4c5c(c3)N(c3cccc(C(C)(C)c6ccccc6)c3)c3cc(C(C)(C)c6ccccc6)ccc3B5c3cc(-c5ccccc5)ccc3N4c3ccc(-c4ccccc4)cc3)c2c1. The van der Waals surface area contributed by atoms with Gasteiger partial charge in [0.05, 0.1) is 16.7 Å². The first-order valence-electron chi connectivity index (χ1n) is 33.4. The highest BCUT2D eigenvalue weighted by atomic mass is 15.2. The van der Waals surface area contributed by atoms with Crippen molar-refractivity contribution in [2.24, 2.45) is 0 Å². The molecule has 458 valence electrons. The quantitative estimate of drug-likeness (QED) is 0.133. The van der Waals surface area contributed by atoms with Gasteiger partial charge < -0.3 is 14.4 Å². The normalized spacial score (nSPS) is 13.6. The smallest absolute Gasteiger partial charge is 0.252 e. The Morgan fingerprint density at radius 2 is 0.696 bits per heavy atom. The minimum absolute atomic E-state index is 0.136. The Bertz CT molecular complexity index is 4720. The molecule has 0 aliphatic carbocycles. The molecule has 0 saturated carbocycles. The van der Waals surface area contributed by atoms with Gasteiger partial charge >= 0.3 is 0 Å². The van der Waals surface area contributed by atoms with Gasteiger partial charge in [0.1, 0.15) is 0 Å². The van der Waals surface area contributed by atoms with Gasteiger partial charge in [0, 0.05) is 55.7 Å². The molecule has 0 atom stereocenters. The van der Waals surface area contributed by atoms with E-state index in [9.17, 15) is 0 Å².